The Balaban J connectivity index is 2.11. The first-order valence-corrected chi connectivity index (χ1v) is 8.47. The monoisotopic (exact) mass is 380 g/mol. The molecule has 28 heavy (non-hydrogen) atoms. The molecule has 8 nitrogen and oxygen atoms in total. The predicted molar refractivity (Wildman–Crippen MR) is 106 cm³/mol. The molecule has 1 aromatic heterocycles. The SMILES string of the molecule is COc1ccccc1C(=O)Nc1nc(N(C)C)n(-c2ccccc2)c1C(=O)O. The third-order valence-corrected chi connectivity index (χ3v) is 4.06. The van der Waals surface area contributed by atoms with Crippen LogP contribution in [0.1, 0.15) is 20.8 Å². The van der Waals surface area contributed by atoms with Gasteiger partial charge in [0.1, 0.15) is 5.75 Å². The molecular formula is C20H20N4O4. The van der Waals surface area contributed by atoms with E-state index in [4.69, 9.17) is 4.74 Å². The molecule has 8 heteroatoms. The van der Waals surface area contributed by atoms with E-state index in [1.807, 2.05) is 6.07 Å². The first kappa shape index (κ1) is 19.0. The van der Waals surface area contributed by atoms with Crippen LogP contribution in [0.15, 0.2) is 54.6 Å². The topological polar surface area (TPSA) is 96.7 Å². The number of benzene rings is 2. The van der Waals surface area contributed by atoms with Gasteiger partial charge >= 0.3 is 5.97 Å². The van der Waals surface area contributed by atoms with Crippen LogP contribution in [0.25, 0.3) is 5.69 Å². The summed E-state index contributed by atoms with van der Waals surface area (Å²) in [6.45, 7) is 0. The van der Waals surface area contributed by atoms with Crippen LogP contribution >= 0.6 is 0 Å². The maximum atomic E-state index is 12.7. The summed E-state index contributed by atoms with van der Waals surface area (Å²) in [5.74, 6) is -1.01. The molecule has 0 aliphatic rings. The van der Waals surface area contributed by atoms with Crippen molar-refractivity contribution in [3.05, 3.63) is 65.9 Å². The smallest absolute Gasteiger partial charge is 0.356 e. The van der Waals surface area contributed by atoms with Crippen LogP contribution in [-0.2, 0) is 0 Å². The highest BCUT2D eigenvalue weighted by Crippen LogP contribution is 2.28. The molecule has 0 aliphatic carbocycles. The highest BCUT2D eigenvalue weighted by atomic mass is 16.5. The molecule has 1 heterocycles. The highest BCUT2D eigenvalue weighted by Gasteiger charge is 2.27. The predicted octanol–water partition coefficient (Wildman–Crippen LogP) is 2.90. The fourth-order valence-electron chi connectivity index (χ4n) is 2.82. The Morgan fingerprint density at radius 2 is 1.71 bits per heavy atom. The average molecular weight is 380 g/mol. The van der Waals surface area contributed by atoms with Crippen LogP contribution in [0.3, 0.4) is 0 Å². The van der Waals surface area contributed by atoms with Crippen molar-refractivity contribution in [3.63, 3.8) is 0 Å². The van der Waals surface area contributed by atoms with Crippen LogP contribution in [0.5, 0.6) is 5.75 Å². The Bertz CT molecular complexity index is 1010. The van der Waals surface area contributed by atoms with Gasteiger partial charge in [0, 0.05) is 19.8 Å². The number of aromatic nitrogens is 2. The van der Waals surface area contributed by atoms with Gasteiger partial charge in [0.2, 0.25) is 5.95 Å². The van der Waals surface area contributed by atoms with Crippen molar-refractivity contribution >= 4 is 23.6 Å². The Morgan fingerprint density at radius 3 is 2.32 bits per heavy atom. The largest absolute Gasteiger partial charge is 0.496 e. The third kappa shape index (κ3) is 3.52. The molecule has 3 rings (SSSR count). The van der Waals surface area contributed by atoms with Crippen LogP contribution < -0.4 is 15.0 Å². The summed E-state index contributed by atoms with van der Waals surface area (Å²) in [5, 5.41) is 12.4. The molecule has 0 atom stereocenters. The fourth-order valence-corrected chi connectivity index (χ4v) is 2.82. The number of nitrogens with one attached hydrogen (secondary N) is 1. The maximum Gasteiger partial charge on any atom is 0.356 e. The van der Waals surface area contributed by atoms with Crippen LogP contribution in [-0.4, -0.2) is 47.7 Å². The summed E-state index contributed by atoms with van der Waals surface area (Å²) in [7, 11) is 4.96. The van der Waals surface area contributed by atoms with Crippen LogP contribution in [0.2, 0.25) is 0 Å². The Kier molecular flexibility index (Phi) is 5.30. The zero-order chi connectivity index (χ0) is 20.3. The van der Waals surface area contributed by atoms with Gasteiger partial charge in [-0.1, -0.05) is 30.3 Å². The number of carboxylic acid groups (broad SMARTS) is 1. The van der Waals surface area contributed by atoms with Gasteiger partial charge in [0.25, 0.3) is 5.91 Å². The normalized spacial score (nSPS) is 10.4. The molecule has 0 bridgehead atoms. The van der Waals surface area contributed by atoms with E-state index in [2.05, 4.69) is 10.3 Å². The molecule has 2 N–H and O–H groups in total. The number of hydrogen-bond donors (Lipinski definition) is 2. The first-order chi connectivity index (χ1) is 13.4. The van der Waals surface area contributed by atoms with E-state index in [-0.39, 0.29) is 17.1 Å². The molecule has 0 saturated heterocycles. The third-order valence-electron chi connectivity index (χ3n) is 4.06. The summed E-state index contributed by atoms with van der Waals surface area (Å²) in [6, 6.07) is 15.7. The van der Waals surface area contributed by atoms with Gasteiger partial charge in [-0.3, -0.25) is 9.36 Å². The van der Waals surface area contributed by atoms with Crippen molar-refractivity contribution in [1.29, 1.82) is 0 Å². The second-order valence-electron chi connectivity index (χ2n) is 6.13. The molecule has 0 spiro atoms. The Morgan fingerprint density at radius 1 is 1.07 bits per heavy atom. The number of hydrogen-bond acceptors (Lipinski definition) is 5. The number of para-hydroxylation sites is 2. The Hall–Kier alpha value is -3.81. The van der Waals surface area contributed by atoms with Crippen molar-refractivity contribution in [2.24, 2.45) is 0 Å². The van der Waals surface area contributed by atoms with Crippen molar-refractivity contribution in [2.75, 3.05) is 31.4 Å². The molecule has 0 aliphatic heterocycles. The number of carboxylic acids is 1. The van der Waals surface area contributed by atoms with Crippen molar-refractivity contribution in [3.8, 4) is 11.4 Å². The van der Waals surface area contributed by atoms with Gasteiger partial charge in [-0.15, -0.1) is 0 Å². The molecule has 2 aromatic carbocycles. The summed E-state index contributed by atoms with van der Waals surface area (Å²) in [5.41, 5.74) is 0.758. The lowest BCUT2D eigenvalue weighted by Crippen LogP contribution is -2.18. The lowest BCUT2D eigenvalue weighted by molar-refractivity contribution is 0.0689. The second kappa shape index (κ2) is 7.83. The minimum Gasteiger partial charge on any atom is -0.496 e. The van der Waals surface area contributed by atoms with E-state index in [0.717, 1.165) is 0 Å². The van der Waals surface area contributed by atoms with Gasteiger partial charge < -0.3 is 20.1 Å². The van der Waals surface area contributed by atoms with Gasteiger partial charge in [-0.25, -0.2) is 4.79 Å². The highest BCUT2D eigenvalue weighted by molar-refractivity contribution is 6.08. The molecular weight excluding hydrogens is 360 g/mol. The molecule has 0 saturated carbocycles. The number of nitrogens with zero attached hydrogens (tertiary/aromatic N) is 3. The number of carbonyl (C=O) groups excluding carboxylic acids is 1. The van der Waals surface area contributed by atoms with E-state index in [1.165, 1.54) is 11.7 Å². The fraction of sp³-hybridized carbons (Fsp3) is 0.150. The minimum absolute atomic E-state index is 0.0454. The average Bonchev–Trinajstić information content (AvgIpc) is 3.08. The van der Waals surface area contributed by atoms with Crippen molar-refractivity contribution in [1.82, 2.24) is 9.55 Å². The first-order valence-electron chi connectivity index (χ1n) is 8.47. The number of rotatable bonds is 6. The zero-order valence-corrected chi connectivity index (χ0v) is 15.7. The van der Waals surface area contributed by atoms with E-state index in [1.54, 1.807) is 67.5 Å². The minimum atomic E-state index is -1.21. The number of anilines is 2. The second-order valence-corrected chi connectivity index (χ2v) is 6.13. The lowest BCUT2D eigenvalue weighted by Gasteiger charge is -2.15. The van der Waals surface area contributed by atoms with Crippen LogP contribution in [0.4, 0.5) is 11.8 Å². The van der Waals surface area contributed by atoms with Crippen molar-refractivity contribution < 1.29 is 19.4 Å². The van der Waals surface area contributed by atoms with E-state index in [0.29, 0.717) is 17.4 Å². The number of ether oxygens (including phenoxy) is 1. The maximum absolute atomic E-state index is 12.7. The van der Waals surface area contributed by atoms with E-state index in [9.17, 15) is 14.7 Å². The summed E-state index contributed by atoms with van der Waals surface area (Å²) < 4.78 is 6.69. The zero-order valence-electron chi connectivity index (χ0n) is 15.7. The number of methoxy groups -OCH3 is 1. The number of aromatic carboxylic acids is 1. The van der Waals surface area contributed by atoms with E-state index >= 15 is 0 Å². The molecule has 144 valence electrons. The van der Waals surface area contributed by atoms with Gasteiger partial charge in [-0.2, -0.15) is 4.98 Å². The van der Waals surface area contributed by atoms with Crippen LogP contribution in [0, 0.1) is 0 Å². The summed E-state index contributed by atoms with van der Waals surface area (Å²) in [4.78, 5) is 30.8. The lowest BCUT2D eigenvalue weighted by atomic mass is 10.2. The molecule has 3 aromatic rings. The quantitative estimate of drug-likeness (QED) is 0.683. The molecule has 0 radical (unpaired) electrons. The van der Waals surface area contributed by atoms with Crippen molar-refractivity contribution in [2.45, 2.75) is 0 Å². The summed E-state index contributed by atoms with van der Waals surface area (Å²) >= 11 is 0. The van der Waals surface area contributed by atoms with E-state index < -0.39 is 11.9 Å². The van der Waals surface area contributed by atoms with Gasteiger partial charge in [0.05, 0.1) is 12.7 Å². The number of imidazole rings is 1. The molecule has 1 amide bonds. The summed E-state index contributed by atoms with van der Waals surface area (Å²) in [6.07, 6.45) is 0. The molecule has 0 unspecified atom stereocenters. The molecule has 0 fully saturated rings. The standard InChI is InChI=1S/C20H20N4O4/c1-23(2)20-22-17(21-18(25)14-11-7-8-12-15(14)28-3)16(19(26)27)24(20)13-9-5-4-6-10-13/h4-12H,1-3H3,(H,21,25)(H,26,27). The van der Waals surface area contributed by atoms with Gasteiger partial charge in [0.15, 0.2) is 11.5 Å². The Labute approximate surface area is 162 Å². The van der Waals surface area contributed by atoms with Gasteiger partial charge in [-0.05, 0) is 24.3 Å². The number of amides is 1. The number of carbonyl (C=O) groups is 2.